The largest absolute Gasteiger partial charge is 0.477 e. The molecule has 196 valence electrons. The summed E-state index contributed by atoms with van der Waals surface area (Å²) in [6.45, 7) is 6.39. The predicted octanol–water partition coefficient (Wildman–Crippen LogP) is 4.71. The summed E-state index contributed by atoms with van der Waals surface area (Å²) in [5.41, 5.74) is 2.41. The zero-order valence-electron chi connectivity index (χ0n) is 21.8. The number of carboxylic acid groups (broad SMARTS) is 1. The van der Waals surface area contributed by atoms with Gasteiger partial charge in [0.2, 0.25) is 0 Å². The fourth-order valence-corrected chi connectivity index (χ4v) is 4.46. The lowest BCUT2D eigenvalue weighted by molar-refractivity contribution is 0.0690. The summed E-state index contributed by atoms with van der Waals surface area (Å²) < 4.78 is 10.5. The Morgan fingerprint density at radius 1 is 1.17 bits per heavy atom. The normalized spacial score (nSPS) is 14.1. The van der Waals surface area contributed by atoms with Crippen LogP contribution in [0.5, 0.6) is 0 Å². The van der Waals surface area contributed by atoms with Crippen molar-refractivity contribution in [1.29, 1.82) is 5.41 Å². The van der Waals surface area contributed by atoms with Gasteiger partial charge in [-0.15, -0.1) is 0 Å². The van der Waals surface area contributed by atoms with Crippen molar-refractivity contribution < 1.29 is 19.4 Å². The molecule has 1 aliphatic carbocycles. The van der Waals surface area contributed by atoms with E-state index in [1.54, 1.807) is 26.5 Å². The summed E-state index contributed by atoms with van der Waals surface area (Å²) in [5, 5.41) is 22.2. The molecule has 0 bridgehead atoms. The summed E-state index contributed by atoms with van der Waals surface area (Å²) in [7, 11) is 3.33. The fraction of sp³-hybridized carbons (Fsp3) is 0.556. The fourth-order valence-electron chi connectivity index (χ4n) is 4.46. The van der Waals surface area contributed by atoms with Crippen molar-refractivity contribution in [1.82, 2.24) is 9.97 Å². The summed E-state index contributed by atoms with van der Waals surface area (Å²) in [5.74, 6) is 0.0993. The highest BCUT2D eigenvalue weighted by atomic mass is 16.5. The van der Waals surface area contributed by atoms with E-state index in [1.807, 2.05) is 26.0 Å². The van der Waals surface area contributed by atoms with Gasteiger partial charge in [0.05, 0.1) is 13.2 Å². The summed E-state index contributed by atoms with van der Waals surface area (Å²) in [6, 6.07) is 5.62. The molecule has 1 fully saturated rings. The van der Waals surface area contributed by atoms with Gasteiger partial charge >= 0.3 is 5.97 Å². The maximum atomic E-state index is 12.0. The molecule has 0 atom stereocenters. The molecule has 0 spiro atoms. The van der Waals surface area contributed by atoms with Crippen LogP contribution in [-0.4, -0.2) is 73.3 Å². The molecule has 0 aromatic carbocycles. The number of ether oxygens (including phenoxy) is 2. The Labute approximate surface area is 213 Å². The minimum Gasteiger partial charge on any atom is -0.477 e. The van der Waals surface area contributed by atoms with Gasteiger partial charge < -0.3 is 30.2 Å². The zero-order valence-corrected chi connectivity index (χ0v) is 21.8. The predicted molar refractivity (Wildman–Crippen MR) is 143 cm³/mol. The van der Waals surface area contributed by atoms with Crippen molar-refractivity contribution >= 4 is 23.3 Å². The van der Waals surface area contributed by atoms with Crippen LogP contribution < -0.4 is 10.2 Å². The second-order valence-electron chi connectivity index (χ2n) is 9.51. The Hall–Kier alpha value is -3.04. The number of rotatable bonds is 13. The Bertz CT molecular complexity index is 1010. The molecule has 2 aromatic heterocycles. The van der Waals surface area contributed by atoms with Crippen molar-refractivity contribution in [3.63, 3.8) is 0 Å². The smallest absolute Gasteiger partial charge is 0.354 e. The summed E-state index contributed by atoms with van der Waals surface area (Å²) >= 11 is 0. The topological polar surface area (TPSA) is 121 Å². The molecule has 1 saturated carbocycles. The van der Waals surface area contributed by atoms with Crippen molar-refractivity contribution in [3.05, 3.63) is 35.7 Å². The molecule has 0 radical (unpaired) electrons. The highest BCUT2D eigenvalue weighted by Gasteiger charge is 2.24. The van der Waals surface area contributed by atoms with E-state index in [0.29, 0.717) is 49.0 Å². The lowest BCUT2D eigenvalue weighted by Crippen LogP contribution is -2.31. The Kier molecular flexibility index (Phi) is 10.2. The van der Waals surface area contributed by atoms with Gasteiger partial charge in [-0.1, -0.05) is 33.1 Å². The van der Waals surface area contributed by atoms with E-state index >= 15 is 0 Å². The SMILES string of the molecule is COCCN(CCOC)c1ccc(-c2cc(C(=O)O)nc(NC3CCCCC3)c2C(=N)C(C)C)cn1. The van der Waals surface area contributed by atoms with E-state index in [2.05, 4.69) is 20.2 Å². The first-order chi connectivity index (χ1) is 17.3. The maximum absolute atomic E-state index is 12.0. The van der Waals surface area contributed by atoms with Crippen LogP contribution in [0.1, 0.15) is 62.0 Å². The molecular weight excluding hydrogens is 458 g/mol. The third-order valence-corrected chi connectivity index (χ3v) is 6.54. The zero-order chi connectivity index (χ0) is 26.1. The number of nitrogens with one attached hydrogen (secondary N) is 2. The van der Waals surface area contributed by atoms with Crippen LogP contribution >= 0.6 is 0 Å². The van der Waals surface area contributed by atoms with Crippen LogP contribution in [0, 0.1) is 11.3 Å². The van der Waals surface area contributed by atoms with Gasteiger partial charge in [-0.2, -0.15) is 0 Å². The van der Waals surface area contributed by atoms with Crippen LogP contribution in [0.2, 0.25) is 0 Å². The van der Waals surface area contributed by atoms with Crippen LogP contribution in [0.4, 0.5) is 11.6 Å². The Morgan fingerprint density at radius 2 is 1.83 bits per heavy atom. The second kappa shape index (κ2) is 13.3. The molecule has 3 rings (SSSR count). The van der Waals surface area contributed by atoms with Crippen LogP contribution in [-0.2, 0) is 9.47 Å². The monoisotopic (exact) mass is 497 g/mol. The van der Waals surface area contributed by atoms with E-state index < -0.39 is 5.97 Å². The van der Waals surface area contributed by atoms with Crippen LogP contribution in [0.15, 0.2) is 24.4 Å². The number of aromatic nitrogens is 2. The minimum atomic E-state index is -1.10. The molecule has 0 saturated heterocycles. The van der Waals surface area contributed by atoms with Gasteiger partial charge in [0.1, 0.15) is 11.6 Å². The molecule has 3 N–H and O–H groups in total. The third kappa shape index (κ3) is 7.01. The minimum absolute atomic E-state index is 0.0468. The summed E-state index contributed by atoms with van der Waals surface area (Å²) in [4.78, 5) is 23.2. The molecular formula is C27H39N5O4. The Balaban J connectivity index is 2.06. The number of aromatic carboxylic acids is 1. The molecule has 0 unspecified atom stereocenters. The molecule has 2 heterocycles. The van der Waals surface area contributed by atoms with Gasteiger partial charge in [0.25, 0.3) is 0 Å². The Morgan fingerprint density at radius 3 is 2.36 bits per heavy atom. The molecule has 9 heteroatoms. The average molecular weight is 498 g/mol. The van der Waals surface area contributed by atoms with Gasteiger partial charge in [0, 0.05) is 56.4 Å². The van der Waals surface area contributed by atoms with Crippen molar-refractivity contribution in [2.24, 2.45) is 5.92 Å². The maximum Gasteiger partial charge on any atom is 0.354 e. The van der Waals surface area contributed by atoms with Crippen LogP contribution in [0.25, 0.3) is 11.1 Å². The van der Waals surface area contributed by atoms with E-state index in [4.69, 9.17) is 14.9 Å². The van der Waals surface area contributed by atoms with Gasteiger partial charge in [-0.05, 0) is 42.5 Å². The highest BCUT2D eigenvalue weighted by molar-refractivity contribution is 6.09. The van der Waals surface area contributed by atoms with Gasteiger partial charge in [-0.3, -0.25) is 0 Å². The lowest BCUT2D eigenvalue weighted by Gasteiger charge is -2.26. The van der Waals surface area contributed by atoms with E-state index in [9.17, 15) is 9.90 Å². The number of methoxy groups -OCH3 is 2. The molecule has 0 aliphatic heterocycles. The molecule has 9 nitrogen and oxygen atoms in total. The number of hydrogen-bond donors (Lipinski definition) is 3. The van der Waals surface area contributed by atoms with Crippen molar-refractivity contribution in [2.75, 3.05) is 50.7 Å². The number of carbonyl (C=O) groups is 1. The molecule has 36 heavy (non-hydrogen) atoms. The average Bonchev–Trinajstić information content (AvgIpc) is 2.88. The molecule has 0 amide bonds. The molecule has 2 aromatic rings. The van der Waals surface area contributed by atoms with Crippen molar-refractivity contribution in [2.45, 2.75) is 52.0 Å². The molecule has 1 aliphatic rings. The first kappa shape index (κ1) is 27.5. The van der Waals surface area contributed by atoms with Crippen molar-refractivity contribution in [3.8, 4) is 11.1 Å². The number of nitrogens with zero attached hydrogens (tertiary/aromatic N) is 3. The standard InChI is InChI=1S/C27H39N5O4/c1-18(2)25(28)24-21(16-22(27(33)34)31-26(24)30-20-8-6-5-7-9-20)19-10-11-23(29-17-19)32(12-14-35-3)13-15-36-4/h10-11,16-18,20,28H,5-9,12-15H2,1-4H3,(H,30,31)(H,33,34). The van der Waals surface area contributed by atoms with Crippen LogP contribution in [0.3, 0.4) is 0 Å². The lowest BCUT2D eigenvalue weighted by atomic mass is 9.91. The third-order valence-electron chi connectivity index (χ3n) is 6.54. The van der Waals surface area contributed by atoms with E-state index in [-0.39, 0.29) is 17.7 Å². The van der Waals surface area contributed by atoms with E-state index in [1.165, 1.54) is 6.42 Å². The number of anilines is 2. The number of carboxylic acids is 1. The first-order valence-corrected chi connectivity index (χ1v) is 12.7. The first-order valence-electron chi connectivity index (χ1n) is 12.7. The number of hydrogen-bond acceptors (Lipinski definition) is 8. The van der Waals surface area contributed by atoms with Gasteiger partial charge in [0.15, 0.2) is 5.69 Å². The quantitative estimate of drug-likeness (QED) is 0.340. The van der Waals surface area contributed by atoms with E-state index in [0.717, 1.165) is 37.1 Å². The number of pyridine rings is 2. The summed E-state index contributed by atoms with van der Waals surface area (Å²) in [6.07, 6.45) is 7.24. The second-order valence-corrected chi connectivity index (χ2v) is 9.51. The van der Waals surface area contributed by atoms with Gasteiger partial charge in [-0.25, -0.2) is 14.8 Å². The highest BCUT2D eigenvalue weighted by Crippen LogP contribution is 2.33.